The number of nitrogens with zero attached hydrogens (tertiary/aromatic N) is 1. The fourth-order valence-corrected chi connectivity index (χ4v) is 3.49. The monoisotopic (exact) mass is 343 g/mol. The topological polar surface area (TPSA) is 40.4 Å². The van der Waals surface area contributed by atoms with Crippen molar-refractivity contribution < 1.29 is 4.42 Å². The first-order valence-electron chi connectivity index (χ1n) is 8.53. The molecule has 1 aromatic heterocycles. The first-order valence-corrected chi connectivity index (χ1v) is 8.94. The molecule has 128 valence electrons. The lowest BCUT2D eigenvalue weighted by atomic mass is 10.1. The van der Waals surface area contributed by atoms with E-state index in [0.717, 1.165) is 31.1 Å². The Labute approximate surface area is 149 Å². The Balaban J connectivity index is 1.63. The van der Waals surface area contributed by atoms with Crippen LogP contribution in [0.4, 0.5) is 5.69 Å². The molecule has 0 spiro atoms. The van der Waals surface area contributed by atoms with Gasteiger partial charge in [-0.3, -0.25) is 4.90 Å². The fourth-order valence-electron chi connectivity index (χ4n) is 3.30. The van der Waals surface area contributed by atoms with Crippen molar-refractivity contribution in [2.75, 3.05) is 25.0 Å². The minimum absolute atomic E-state index is 0.222. The van der Waals surface area contributed by atoms with Crippen molar-refractivity contribution in [1.82, 2.24) is 10.2 Å². The van der Waals surface area contributed by atoms with Crippen LogP contribution in [-0.2, 0) is 0 Å². The van der Waals surface area contributed by atoms with Crippen LogP contribution in [0.5, 0.6) is 0 Å². The fraction of sp³-hybridized carbons (Fsp3) is 0.421. The average molecular weight is 343 g/mol. The van der Waals surface area contributed by atoms with Gasteiger partial charge in [0.2, 0.25) is 0 Å². The summed E-state index contributed by atoms with van der Waals surface area (Å²) in [5.74, 6) is 0.999. The zero-order valence-electron chi connectivity index (χ0n) is 14.3. The van der Waals surface area contributed by atoms with Crippen molar-refractivity contribution in [2.45, 2.75) is 32.7 Å². The number of hydrogen-bond donors (Lipinski definition) is 2. The van der Waals surface area contributed by atoms with Crippen LogP contribution in [-0.4, -0.2) is 29.6 Å². The van der Waals surface area contributed by atoms with Gasteiger partial charge in [0.1, 0.15) is 5.76 Å². The van der Waals surface area contributed by atoms with Crippen LogP contribution in [0.2, 0.25) is 0 Å². The molecule has 1 saturated heterocycles. The molecule has 3 rings (SSSR count). The molecule has 5 heteroatoms. The first-order chi connectivity index (χ1) is 11.6. The van der Waals surface area contributed by atoms with Gasteiger partial charge >= 0.3 is 0 Å². The first kappa shape index (κ1) is 17.0. The van der Waals surface area contributed by atoms with Crippen molar-refractivity contribution in [3.8, 4) is 0 Å². The molecule has 2 N–H and O–H groups in total. The largest absolute Gasteiger partial charge is 0.468 e. The van der Waals surface area contributed by atoms with E-state index < -0.39 is 0 Å². The van der Waals surface area contributed by atoms with Gasteiger partial charge in [0.05, 0.1) is 12.3 Å². The highest BCUT2D eigenvalue weighted by Gasteiger charge is 2.25. The highest BCUT2D eigenvalue weighted by molar-refractivity contribution is 7.80. The molecular formula is C19H25N3OS. The van der Waals surface area contributed by atoms with Crippen molar-refractivity contribution in [3.63, 3.8) is 0 Å². The van der Waals surface area contributed by atoms with Gasteiger partial charge in [0.15, 0.2) is 5.11 Å². The smallest absolute Gasteiger partial charge is 0.170 e. The number of rotatable bonds is 5. The maximum Gasteiger partial charge on any atom is 0.170 e. The molecule has 1 aliphatic heterocycles. The number of para-hydroxylation sites is 1. The third-order valence-electron chi connectivity index (χ3n) is 4.63. The Morgan fingerprint density at radius 3 is 2.50 bits per heavy atom. The SMILES string of the molecule is Cc1cccc(C)c1NC(=S)NC[C@H](c1ccco1)N1CCCC1. The lowest BCUT2D eigenvalue weighted by Crippen LogP contribution is -2.38. The number of benzene rings is 1. The van der Waals surface area contributed by atoms with Crippen molar-refractivity contribution in [3.05, 3.63) is 53.5 Å². The summed E-state index contributed by atoms with van der Waals surface area (Å²) in [5, 5.41) is 7.37. The van der Waals surface area contributed by atoms with Crippen molar-refractivity contribution >= 4 is 23.0 Å². The zero-order valence-corrected chi connectivity index (χ0v) is 15.2. The maximum atomic E-state index is 5.65. The summed E-state index contributed by atoms with van der Waals surface area (Å²) in [6.45, 7) is 7.15. The predicted octanol–water partition coefficient (Wildman–Crippen LogP) is 4.02. The summed E-state index contributed by atoms with van der Waals surface area (Å²) in [7, 11) is 0. The molecule has 2 heterocycles. The van der Waals surface area contributed by atoms with Gasteiger partial charge in [-0.25, -0.2) is 0 Å². The zero-order chi connectivity index (χ0) is 16.9. The van der Waals surface area contributed by atoms with Crippen LogP contribution in [0.25, 0.3) is 0 Å². The number of furan rings is 1. The lowest BCUT2D eigenvalue weighted by Gasteiger charge is -2.26. The van der Waals surface area contributed by atoms with Crippen LogP contribution < -0.4 is 10.6 Å². The number of likely N-dealkylation sites (tertiary alicyclic amines) is 1. The van der Waals surface area contributed by atoms with Crippen LogP contribution in [0.1, 0.15) is 35.8 Å². The van der Waals surface area contributed by atoms with Gasteiger partial charge in [-0.2, -0.15) is 0 Å². The highest BCUT2D eigenvalue weighted by atomic mass is 32.1. The lowest BCUT2D eigenvalue weighted by molar-refractivity contribution is 0.216. The molecule has 24 heavy (non-hydrogen) atoms. The summed E-state index contributed by atoms with van der Waals surface area (Å²) in [6.07, 6.45) is 4.25. The summed E-state index contributed by atoms with van der Waals surface area (Å²) in [4.78, 5) is 2.47. The Kier molecular flexibility index (Phi) is 5.53. The number of hydrogen-bond acceptors (Lipinski definition) is 3. The Morgan fingerprint density at radius 1 is 1.17 bits per heavy atom. The van der Waals surface area contributed by atoms with E-state index in [9.17, 15) is 0 Å². The van der Waals surface area contributed by atoms with Crippen molar-refractivity contribution in [1.29, 1.82) is 0 Å². The van der Waals surface area contributed by atoms with Gasteiger partial charge < -0.3 is 15.1 Å². The van der Waals surface area contributed by atoms with E-state index in [2.05, 4.69) is 47.6 Å². The van der Waals surface area contributed by atoms with Crippen molar-refractivity contribution in [2.24, 2.45) is 0 Å². The molecule has 1 aromatic carbocycles. The number of aryl methyl sites for hydroxylation is 2. The molecule has 4 nitrogen and oxygen atoms in total. The van der Waals surface area contributed by atoms with Gasteiger partial charge in [0, 0.05) is 12.2 Å². The highest BCUT2D eigenvalue weighted by Crippen LogP contribution is 2.25. The second kappa shape index (κ2) is 7.81. The van der Waals surface area contributed by atoms with Crippen LogP contribution >= 0.6 is 12.2 Å². The summed E-state index contributed by atoms with van der Waals surface area (Å²) >= 11 is 5.51. The number of anilines is 1. The third-order valence-corrected chi connectivity index (χ3v) is 4.88. The molecule has 1 fully saturated rings. The molecule has 0 bridgehead atoms. The van der Waals surface area contributed by atoms with Crippen LogP contribution in [0.3, 0.4) is 0 Å². The molecular weight excluding hydrogens is 318 g/mol. The van der Waals surface area contributed by atoms with Gasteiger partial charge in [0.25, 0.3) is 0 Å². The molecule has 1 atom stereocenters. The second-order valence-electron chi connectivity index (χ2n) is 6.38. The Bertz CT molecular complexity index is 658. The quantitative estimate of drug-likeness (QED) is 0.803. The standard InChI is InChI=1S/C19H25N3OS/c1-14-7-5-8-15(2)18(14)21-19(24)20-13-16(17-9-6-12-23-17)22-10-3-4-11-22/h5-9,12,16H,3-4,10-11,13H2,1-2H3,(H2,20,21,24)/t16-/m1/s1. The molecule has 0 unspecified atom stereocenters. The predicted molar refractivity (Wildman–Crippen MR) is 102 cm³/mol. The summed E-state index contributed by atoms with van der Waals surface area (Å²) in [5.41, 5.74) is 3.48. The second-order valence-corrected chi connectivity index (χ2v) is 6.78. The normalized spacial score (nSPS) is 16.1. The number of nitrogens with one attached hydrogen (secondary N) is 2. The third kappa shape index (κ3) is 3.97. The molecule has 0 aliphatic carbocycles. The van der Waals surface area contributed by atoms with E-state index in [0.29, 0.717) is 5.11 Å². The molecule has 0 radical (unpaired) electrons. The summed E-state index contributed by atoms with van der Waals surface area (Å²) < 4.78 is 5.65. The van der Waals surface area contributed by atoms with E-state index in [1.807, 2.05) is 12.1 Å². The molecule has 1 aliphatic rings. The maximum absolute atomic E-state index is 5.65. The molecule has 2 aromatic rings. The van der Waals surface area contributed by atoms with Gasteiger partial charge in [-0.15, -0.1) is 0 Å². The van der Waals surface area contributed by atoms with Gasteiger partial charge in [-0.1, -0.05) is 18.2 Å². The van der Waals surface area contributed by atoms with Gasteiger partial charge in [-0.05, 0) is 75.3 Å². The van der Waals surface area contributed by atoms with E-state index in [4.69, 9.17) is 16.6 Å². The molecule has 0 amide bonds. The Hall–Kier alpha value is -1.85. The van der Waals surface area contributed by atoms with E-state index in [1.54, 1.807) is 6.26 Å². The summed E-state index contributed by atoms with van der Waals surface area (Å²) in [6, 6.07) is 10.5. The Morgan fingerprint density at radius 2 is 1.88 bits per heavy atom. The average Bonchev–Trinajstić information content (AvgIpc) is 3.25. The van der Waals surface area contributed by atoms with E-state index >= 15 is 0 Å². The van der Waals surface area contributed by atoms with E-state index in [1.165, 1.54) is 24.0 Å². The minimum atomic E-state index is 0.222. The molecule has 0 saturated carbocycles. The van der Waals surface area contributed by atoms with Crippen LogP contribution in [0.15, 0.2) is 41.0 Å². The minimum Gasteiger partial charge on any atom is -0.468 e. The number of thiocarbonyl (C=S) groups is 1. The van der Waals surface area contributed by atoms with Crippen LogP contribution in [0, 0.1) is 13.8 Å². The van der Waals surface area contributed by atoms with E-state index in [-0.39, 0.29) is 6.04 Å².